The van der Waals surface area contributed by atoms with Crippen LogP contribution in [-0.2, 0) is 13.6 Å². The van der Waals surface area contributed by atoms with Gasteiger partial charge < -0.3 is 19.5 Å². The van der Waals surface area contributed by atoms with Crippen molar-refractivity contribution < 1.29 is 9.53 Å². The standard InChI is InChI=1S/C20H24N4O2S/c1-4-24(14-17-6-5-13-27-17)20(25)22-18(19-21-11-12-23(19)2)15-7-9-16(26-3)10-8-15/h5-13,18H,4,14H2,1-3H3,(H,22,25). The third kappa shape index (κ3) is 4.49. The lowest BCUT2D eigenvalue weighted by atomic mass is 10.1. The van der Waals surface area contributed by atoms with Crippen molar-refractivity contribution in [2.75, 3.05) is 13.7 Å². The summed E-state index contributed by atoms with van der Waals surface area (Å²) in [6, 6.07) is 11.3. The molecule has 27 heavy (non-hydrogen) atoms. The van der Waals surface area contributed by atoms with E-state index in [0.717, 1.165) is 22.0 Å². The van der Waals surface area contributed by atoms with Crippen molar-refractivity contribution in [1.82, 2.24) is 19.8 Å². The van der Waals surface area contributed by atoms with E-state index in [1.54, 1.807) is 29.5 Å². The minimum atomic E-state index is -0.346. The largest absolute Gasteiger partial charge is 0.497 e. The second-order valence-electron chi connectivity index (χ2n) is 6.15. The second-order valence-corrected chi connectivity index (χ2v) is 7.18. The minimum absolute atomic E-state index is 0.116. The quantitative estimate of drug-likeness (QED) is 0.674. The molecule has 2 amide bonds. The van der Waals surface area contributed by atoms with E-state index in [0.29, 0.717) is 13.1 Å². The summed E-state index contributed by atoms with van der Waals surface area (Å²) in [6.07, 6.45) is 3.61. The maximum Gasteiger partial charge on any atom is 0.318 e. The molecule has 3 rings (SSSR count). The maximum absolute atomic E-state index is 13.0. The van der Waals surface area contributed by atoms with Crippen LogP contribution < -0.4 is 10.1 Å². The number of carbonyl (C=O) groups is 1. The van der Waals surface area contributed by atoms with E-state index in [9.17, 15) is 4.79 Å². The molecule has 2 heterocycles. The number of benzene rings is 1. The van der Waals surface area contributed by atoms with E-state index in [1.165, 1.54) is 0 Å². The predicted molar refractivity (Wildman–Crippen MR) is 107 cm³/mol. The molecule has 0 aliphatic rings. The highest BCUT2D eigenvalue weighted by Gasteiger charge is 2.23. The zero-order valence-corrected chi connectivity index (χ0v) is 16.6. The highest BCUT2D eigenvalue weighted by atomic mass is 32.1. The molecule has 0 spiro atoms. The first-order chi connectivity index (χ1) is 13.1. The van der Waals surface area contributed by atoms with E-state index in [1.807, 2.05) is 66.5 Å². The van der Waals surface area contributed by atoms with Crippen LogP contribution in [0.1, 0.15) is 29.2 Å². The van der Waals surface area contributed by atoms with Crippen molar-refractivity contribution in [2.24, 2.45) is 7.05 Å². The van der Waals surface area contributed by atoms with Crippen LogP contribution in [0.15, 0.2) is 54.2 Å². The number of amides is 2. The molecular weight excluding hydrogens is 360 g/mol. The summed E-state index contributed by atoms with van der Waals surface area (Å²) in [5.41, 5.74) is 0.950. The number of thiophene rings is 1. The molecule has 0 fully saturated rings. The molecule has 7 heteroatoms. The Hall–Kier alpha value is -2.80. The lowest BCUT2D eigenvalue weighted by Gasteiger charge is -2.25. The summed E-state index contributed by atoms with van der Waals surface area (Å²) in [5.74, 6) is 1.55. The Bertz CT molecular complexity index is 859. The molecule has 1 aromatic carbocycles. The summed E-state index contributed by atoms with van der Waals surface area (Å²) in [5, 5.41) is 5.17. The highest BCUT2D eigenvalue weighted by Crippen LogP contribution is 2.23. The minimum Gasteiger partial charge on any atom is -0.497 e. The van der Waals surface area contributed by atoms with Gasteiger partial charge in [0.15, 0.2) is 0 Å². The van der Waals surface area contributed by atoms with Crippen molar-refractivity contribution >= 4 is 17.4 Å². The molecule has 0 radical (unpaired) electrons. The van der Waals surface area contributed by atoms with Gasteiger partial charge >= 0.3 is 6.03 Å². The summed E-state index contributed by atoms with van der Waals surface area (Å²) >= 11 is 1.65. The average molecular weight is 385 g/mol. The number of rotatable bonds is 7. The fraction of sp³-hybridized carbons (Fsp3) is 0.300. The summed E-state index contributed by atoms with van der Waals surface area (Å²) < 4.78 is 7.16. The molecule has 3 aromatic rings. The van der Waals surface area contributed by atoms with Gasteiger partial charge in [0.25, 0.3) is 0 Å². The number of carbonyl (C=O) groups excluding carboxylic acids is 1. The molecule has 0 saturated heterocycles. The Morgan fingerprint density at radius 1 is 1.33 bits per heavy atom. The number of imidazole rings is 1. The van der Waals surface area contributed by atoms with Gasteiger partial charge in [-0.15, -0.1) is 11.3 Å². The Morgan fingerprint density at radius 3 is 2.67 bits per heavy atom. The van der Waals surface area contributed by atoms with Gasteiger partial charge in [0.1, 0.15) is 17.6 Å². The molecular formula is C20H24N4O2S. The number of methoxy groups -OCH3 is 1. The smallest absolute Gasteiger partial charge is 0.318 e. The van der Waals surface area contributed by atoms with Crippen LogP contribution >= 0.6 is 11.3 Å². The van der Waals surface area contributed by atoms with Crippen molar-refractivity contribution in [3.8, 4) is 5.75 Å². The van der Waals surface area contributed by atoms with E-state index in [2.05, 4.69) is 10.3 Å². The van der Waals surface area contributed by atoms with Gasteiger partial charge in [-0.1, -0.05) is 18.2 Å². The van der Waals surface area contributed by atoms with Crippen molar-refractivity contribution in [3.05, 3.63) is 70.4 Å². The fourth-order valence-electron chi connectivity index (χ4n) is 2.88. The number of nitrogens with one attached hydrogen (secondary N) is 1. The van der Waals surface area contributed by atoms with Crippen molar-refractivity contribution in [3.63, 3.8) is 0 Å². The third-order valence-electron chi connectivity index (χ3n) is 4.43. The Kier molecular flexibility index (Phi) is 6.13. The van der Waals surface area contributed by atoms with Gasteiger partial charge in [0.2, 0.25) is 0 Å². The number of aryl methyl sites for hydroxylation is 1. The van der Waals surface area contributed by atoms with Crippen LogP contribution in [0.25, 0.3) is 0 Å². The predicted octanol–water partition coefficient (Wildman–Crippen LogP) is 3.81. The van der Waals surface area contributed by atoms with Gasteiger partial charge in [0, 0.05) is 30.9 Å². The van der Waals surface area contributed by atoms with Gasteiger partial charge in [-0.25, -0.2) is 9.78 Å². The fourth-order valence-corrected chi connectivity index (χ4v) is 3.60. The Balaban J connectivity index is 1.84. The van der Waals surface area contributed by atoms with Crippen LogP contribution in [0.5, 0.6) is 5.75 Å². The Morgan fingerprint density at radius 2 is 2.11 bits per heavy atom. The van der Waals surface area contributed by atoms with Gasteiger partial charge in [-0.2, -0.15) is 0 Å². The summed E-state index contributed by atoms with van der Waals surface area (Å²) in [6.45, 7) is 3.20. The zero-order chi connectivity index (χ0) is 19.2. The van der Waals surface area contributed by atoms with E-state index in [-0.39, 0.29) is 12.1 Å². The average Bonchev–Trinajstić information content (AvgIpc) is 3.35. The lowest BCUT2D eigenvalue weighted by molar-refractivity contribution is 0.195. The molecule has 1 unspecified atom stereocenters. The van der Waals surface area contributed by atoms with Crippen LogP contribution in [0.2, 0.25) is 0 Å². The normalized spacial score (nSPS) is 11.8. The molecule has 2 aromatic heterocycles. The van der Waals surface area contributed by atoms with E-state index < -0.39 is 0 Å². The van der Waals surface area contributed by atoms with Crippen LogP contribution in [0.4, 0.5) is 4.79 Å². The topological polar surface area (TPSA) is 59.4 Å². The lowest BCUT2D eigenvalue weighted by Crippen LogP contribution is -2.42. The van der Waals surface area contributed by atoms with E-state index in [4.69, 9.17) is 4.74 Å². The molecule has 0 saturated carbocycles. The Labute approximate surface area is 163 Å². The van der Waals surface area contributed by atoms with Crippen LogP contribution in [-0.4, -0.2) is 34.1 Å². The number of ether oxygens (including phenoxy) is 1. The molecule has 1 N–H and O–H groups in total. The summed E-state index contributed by atoms with van der Waals surface area (Å²) in [7, 11) is 3.56. The number of nitrogens with zero attached hydrogens (tertiary/aromatic N) is 3. The second kappa shape index (κ2) is 8.73. The first-order valence-corrected chi connectivity index (χ1v) is 9.69. The zero-order valence-electron chi connectivity index (χ0n) is 15.8. The number of aromatic nitrogens is 2. The molecule has 6 nitrogen and oxygen atoms in total. The van der Waals surface area contributed by atoms with Crippen molar-refractivity contribution in [1.29, 1.82) is 0 Å². The number of urea groups is 1. The molecule has 142 valence electrons. The number of hydrogen-bond acceptors (Lipinski definition) is 4. The molecule has 0 aliphatic heterocycles. The SMILES string of the molecule is CCN(Cc1cccs1)C(=O)NC(c1ccc(OC)cc1)c1nccn1C. The number of hydrogen-bond donors (Lipinski definition) is 1. The van der Waals surface area contributed by atoms with E-state index >= 15 is 0 Å². The molecule has 1 atom stereocenters. The van der Waals surface area contributed by atoms with Gasteiger partial charge in [-0.05, 0) is 36.1 Å². The van der Waals surface area contributed by atoms with Gasteiger partial charge in [-0.3, -0.25) is 0 Å². The maximum atomic E-state index is 13.0. The monoisotopic (exact) mass is 384 g/mol. The third-order valence-corrected chi connectivity index (χ3v) is 5.29. The van der Waals surface area contributed by atoms with Crippen LogP contribution in [0.3, 0.4) is 0 Å². The molecule has 0 aliphatic carbocycles. The highest BCUT2D eigenvalue weighted by molar-refractivity contribution is 7.09. The van der Waals surface area contributed by atoms with Crippen LogP contribution in [0, 0.1) is 0 Å². The first kappa shape index (κ1) is 19.0. The first-order valence-electron chi connectivity index (χ1n) is 8.81. The molecule has 0 bridgehead atoms. The van der Waals surface area contributed by atoms with Crippen molar-refractivity contribution in [2.45, 2.75) is 19.5 Å². The summed E-state index contributed by atoms with van der Waals surface area (Å²) in [4.78, 5) is 20.4. The van der Waals surface area contributed by atoms with Gasteiger partial charge in [0.05, 0.1) is 13.7 Å².